The molecule has 18 heavy (non-hydrogen) atoms. The van der Waals surface area contributed by atoms with E-state index in [4.69, 9.17) is 9.84 Å². The second-order valence-corrected chi connectivity index (χ2v) is 6.53. The first-order valence-electron chi connectivity index (χ1n) is 6.00. The van der Waals surface area contributed by atoms with Crippen molar-refractivity contribution in [1.29, 1.82) is 0 Å². The zero-order valence-corrected chi connectivity index (χ0v) is 12.0. The minimum atomic E-state index is -3.54. The molecule has 0 heterocycles. The molecule has 0 saturated heterocycles. The highest BCUT2D eigenvalue weighted by Gasteiger charge is 2.24. The molecule has 108 valence electrons. The summed E-state index contributed by atoms with van der Waals surface area (Å²) in [6.07, 6.45) is 1.38. The van der Waals surface area contributed by atoms with Crippen LogP contribution < -0.4 is 4.72 Å². The van der Waals surface area contributed by atoms with Gasteiger partial charge in [0.1, 0.15) is 6.04 Å². The van der Waals surface area contributed by atoms with Crippen LogP contribution in [0.25, 0.3) is 0 Å². The third kappa shape index (κ3) is 8.43. The summed E-state index contributed by atoms with van der Waals surface area (Å²) in [7, 11) is -1.99. The zero-order chi connectivity index (χ0) is 14.2. The number of methoxy groups -OCH3 is 1. The predicted molar refractivity (Wildman–Crippen MR) is 68.9 cm³/mol. The van der Waals surface area contributed by atoms with Crippen LogP contribution in [0.4, 0.5) is 0 Å². The van der Waals surface area contributed by atoms with E-state index in [1.54, 1.807) is 7.11 Å². The molecule has 0 rings (SSSR count). The molecule has 0 bridgehead atoms. The van der Waals surface area contributed by atoms with Crippen molar-refractivity contribution < 1.29 is 23.1 Å². The highest BCUT2D eigenvalue weighted by atomic mass is 32.2. The lowest BCUT2D eigenvalue weighted by atomic mass is 10.1. The lowest BCUT2D eigenvalue weighted by Crippen LogP contribution is -2.42. The minimum absolute atomic E-state index is 0.0712. The second-order valence-electron chi connectivity index (χ2n) is 4.66. The summed E-state index contributed by atoms with van der Waals surface area (Å²) in [6.45, 7) is 4.20. The van der Waals surface area contributed by atoms with E-state index in [0.29, 0.717) is 19.4 Å². The summed E-state index contributed by atoms with van der Waals surface area (Å²) in [5.74, 6) is -1.09. The van der Waals surface area contributed by atoms with Gasteiger partial charge in [0, 0.05) is 13.7 Å². The Labute approximate surface area is 109 Å². The first-order valence-corrected chi connectivity index (χ1v) is 7.65. The van der Waals surface area contributed by atoms with Gasteiger partial charge < -0.3 is 9.84 Å². The first kappa shape index (κ1) is 17.3. The molecular weight excluding hydrogens is 258 g/mol. The van der Waals surface area contributed by atoms with Gasteiger partial charge in [0.15, 0.2) is 0 Å². The molecule has 0 aliphatic heterocycles. The number of hydrogen-bond acceptors (Lipinski definition) is 4. The van der Waals surface area contributed by atoms with E-state index in [9.17, 15) is 13.2 Å². The molecule has 7 heteroatoms. The first-order chi connectivity index (χ1) is 8.28. The number of carbonyl (C=O) groups is 1. The molecule has 0 aromatic carbocycles. The maximum atomic E-state index is 11.7. The summed E-state index contributed by atoms with van der Waals surface area (Å²) in [5.41, 5.74) is 0. The lowest BCUT2D eigenvalue weighted by molar-refractivity contribution is -0.139. The molecule has 0 saturated carbocycles. The van der Waals surface area contributed by atoms with Crippen LogP contribution in [0.1, 0.15) is 33.1 Å². The van der Waals surface area contributed by atoms with Crippen LogP contribution >= 0.6 is 0 Å². The molecule has 0 unspecified atom stereocenters. The van der Waals surface area contributed by atoms with Gasteiger partial charge >= 0.3 is 5.97 Å². The van der Waals surface area contributed by atoms with E-state index in [1.165, 1.54) is 0 Å². The summed E-state index contributed by atoms with van der Waals surface area (Å²) in [6, 6.07) is -1.04. The van der Waals surface area contributed by atoms with Gasteiger partial charge in [-0.15, -0.1) is 0 Å². The van der Waals surface area contributed by atoms with Crippen molar-refractivity contribution in [3.63, 3.8) is 0 Å². The van der Waals surface area contributed by atoms with Crippen LogP contribution in [0.15, 0.2) is 0 Å². The number of carboxylic acids is 1. The molecule has 2 N–H and O–H groups in total. The molecule has 0 aliphatic carbocycles. The van der Waals surface area contributed by atoms with E-state index >= 15 is 0 Å². The van der Waals surface area contributed by atoms with Crippen LogP contribution in [-0.2, 0) is 19.6 Å². The summed E-state index contributed by atoms with van der Waals surface area (Å²) < 4.78 is 30.4. The normalized spacial score (nSPS) is 13.8. The minimum Gasteiger partial charge on any atom is -0.480 e. The molecule has 1 atom stereocenters. The van der Waals surface area contributed by atoms with E-state index in [1.807, 2.05) is 13.8 Å². The summed E-state index contributed by atoms with van der Waals surface area (Å²) in [5, 5.41) is 8.95. The lowest BCUT2D eigenvalue weighted by Gasteiger charge is -2.16. The van der Waals surface area contributed by atoms with Crippen molar-refractivity contribution in [1.82, 2.24) is 4.72 Å². The Hall–Kier alpha value is -0.660. The van der Waals surface area contributed by atoms with Crippen LogP contribution in [0.5, 0.6) is 0 Å². The number of carboxylic acid groups (broad SMARTS) is 1. The molecule has 0 aliphatic rings. The van der Waals surface area contributed by atoms with Gasteiger partial charge in [0.2, 0.25) is 10.0 Å². The Morgan fingerprint density at radius 3 is 2.39 bits per heavy atom. The molecule has 0 aromatic heterocycles. The Kier molecular flexibility index (Phi) is 8.13. The van der Waals surface area contributed by atoms with Gasteiger partial charge in [0.05, 0.1) is 5.75 Å². The van der Waals surface area contributed by atoms with Crippen LogP contribution in [0.3, 0.4) is 0 Å². The van der Waals surface area contributed by atoms with Crippen molar-refractivity contribution in [2.24, 2.45) is 5.92 Å². The molecule has 0 amide bonds. The van der Waals surface area contributed by atoms with Crippen molar-refractivity contribution in [2.45, 2.75) is 39.2 Å². The van der Waals surface area contributed by atoms with Crippen LogP contribution in [-0.4, -0.2) is 45.0 Å². The number of unbranched alkanes of at least 4 members (excludes halogenated alkanes) is 1. The maximum Gasteiger partial charge on any atom is 0.321 e. The highest BCUT2D eigenvalue weighted by molar-refractivity contribution is 7.89. The number of hydrogen-bond donors (Lipinski definition) is 2. The van der Waals surface area contributed by atoms with E-state index in [0.717, 1.165) is 0 Å². The largest absolute Gasteiger partial charge is 0.480 e. The van der Waals surface area contributed by atoms with Crippen molar-refractivity contribution in [2.75, 3.05) is 19.5 Å². The molecule has 0 fully saturated rings. The molecule has 6 nitrogen and oxygen atoms in total. The fourth-order valence-electron chi connectivity index (χ4n) is 1.48. The third-order valence-corrected chi connectivity index (χ3v) is 3.81. The fraction of sp³-hybridized carbons (Fsp3) is 0.909. The van der Waals surface area contributed by atoms with Gasteiger partial charge in [0.25, 0.3) is 0 Å². The number of aliphatic carboxylic acids is 1. The number of nitrogens with one attached hydrogen (secondary N) is 1. The van der Waals surface area contributed by atoms with Gasteiger partial charge in [-0.05, 0) is 25.2 Å². The Bertz CT molecular complexity index is 339. The van der Waals surface area contributed by atoms with E-state index in [2.05, 4.69) is 4.72 Å². The SMILES string of the molecule is COCCCCS(=O)(=O)N[C@H](CC(C)C)C(=O)O. The summed E-state index contributed by atoms with van der Waals surface area (Å²) >= 11 is 0. The van der Waals surface area contributed by atoms with Crippen molar-refractivity contribution in [3.05, 3.63) is 0 Å². The van der Waals surface area contributed by atoms with E-state index in [-0.39, 0.29) is 18.1 Å². The Balaban J connectivity index is 4.29. The number of sulfonamides is 1. The van der Waals surface area contributed by atoms with Crippen LogP contribution in [0.2, 0.25) is 0 Å². The van der Waals surface area contributed by atoms with Gasteiger partial charge in [-0.1, -0.05) is 13.8 Å². The van der Waals surface area contributed by atoms with Gasteiger partial charge in [-0.3, -0.25) is 4.79 Å². The monoisotopic (exact) mass is 281 g/mol. The topological polar surface area (TPSA) is 92.7 Å². The third-order valence-electron chi connectivity index (χ3n) is 2.34. The molecule has 0 spiro atoms. The highest BCUT2D eigenvalue weighted by Crippen LogP contribution is 2.07. The number of ether oxygens (including phenoxy) is 1. The van der Waals surface area contributed by atoms with Crippen molar-refractivity contribution >= 4 is 16.0 Å². The smallest absolute Gasteiger partial charge is 0.321 e. The fourth-order valence-corrected chi connectivity index (χ4v) is 2.82. The molecule has 0 radical (unpaired) electrons. The van der Waals surface area contributed by atoms with Crippen LogP contribution in [0, 0.1) is 5.92 Å². The predicted octanol–water partition coefficient (Wildman–Crippen LogP) is 0.832. The van der Waals surface area contributed by atoms with Gasteiger partial charge in [-0.2, -0.15) is 0 Å². The molecule has 0 aromatic rings. The van der Waals surface area contributed by atoms with Crippen molar-refractivity contribution in [3.8, 4) is 0 Å². The average molecular weight is 281 g/mol. The zero-order valence-electron chi connectivity index (χ0n) is 11.2. The second kappa shape index (κ2) is 8.44. The van der Waals surface area contributed by atoms with Gasteiger partial charge in [-0.25, -0.2) is 13.1 Å². The quantitative estimate of drug-likeness (QED) is 0.579. The number of rotatable bonds is 10. The average Bonchev–Trinajstić information content (AvgIpc) is 2.22. The molecular formula is C11H23NO5S. The standard InChI is InChI=1S/C11H23NO5S/c1-9(2)8-10(11(13)14)12-18(15,16)7-5-4-6-17-3/h9-10,12H,4-8H2,1-3H3,(H,13,14)/t10-/m1/s1. The Morgan fingerprint density at radius 1 is 1.33 bits per heavy atom. The summed E-state index contributed by atoms with van der Waals surface area (Å²) in [4.78, 5) is 10.9. The maximum absolute atomic E-state index is 11.7. The van der Waals surface area contributed by atoms with E-state index < -0.39 is 22.0 Å². The Morgan fingerprint density at radius 2 is 1.94 bits per heavy atom.